The van der Waals surface area contributed by atoms with Crippen LogP contribution in [0.15, 0.2) is 11.6 Å². The third-order valence-electron chi connectivity index (χ3n) is 2.80. The van der Waals surface area contributed by atoms with Gasteiger partial charge in [0, 0.05) is 5.57 Å². The summed E-state index contributed by atoms with van der Waals surface area (Å²) in [6.45, 7) is 12.8. The molecule has 0 radical (unpaired) electrons. The lowest BCUT2D eigenvalue weighted by molar-refractivity contribution is -0.130. The van der Waals surface area contributed by atoms with Crippen LogP contribution in [0.3, 0.4) is 0 Å². The maximum absolute atomic E-state index is 12.0. The average Bonchev–Trinajstić information content (AvgIpc) is 2.23. The van der Waals surface area contributed by atoms with Crippen molar-refractivity contribution in [1.29, 1.82) is 0 Å². The quantitative estimate of drug-likeness (QED) is 0.485. The van der Waals surface area contributed by atoms with Crippen LogP contribution in [0.5, 0.6) is 0 Å². The van der Waals surface area contributed by atoms with Gasteiger partial charge in [0.15, 0.2) is 0 Å². The molecule has 0 aromatic carbocycles. The smallest absolute Gasteiger partial charge is 0.319 e. The molecule has 0 atom stereocenters. The molecule has 3 heteroatoms. The number of unbranched alkanes of at least 4 members (excludes halogenated alkanes) is 1. The molecule has 0 aliphatic rings. The highest BCUT2D eigenvalue weighted by Crippen LogP contribution is 2.17. The van der Waals surface area contributed by atoms with Gasteiger partial charge < -0.3 is 4.43 Å². The summed E-state index contributed by atoms with van der Waals surface area (Å²) in [6.07, 6.45) is 4.03. The number of hydrogen-bond donors (Lipinski definition) is 0. The van der Waals surface area contributed by atoms with Crippen LogP contribution in [0.25, 0.3) is 0 Å². The summed E-state index contributed by atoms with van der Waals surface area (Å²) in [5.41, 5.74) is 0.780. The van der Waals surface area contributed by atoms with E-state index in [0.717, 1.165) is 30.5 Å². The second-order valence-corrected chi connectivity index (χ2v) is 8.38. The first-order valence-electron chi connectivity index (χ1n) is 7.24. The van der Waals surface area contributed by atoms with E-state index in [-0.39, 0.29) is 5.97 Å². The largest absolute Gasteiger partial charge is 0.519 e. The van der Waals surface area contributed by atoms with Crippen molar-refractivity contribution in [3.63, 3.8) is 0 Å². The SMILES string of the molecule is CCCC=C(C)C(=O)O[SiH](CC(C)C)CC(C)C. The Morgan fingerprint density at radius 3 is 2.06 bits per heavy atom. The third kappa shape index (κ3) is 8.51. The van der Waals surface area contributed by atoms with E-state index in [0.29, 0.717) is 11.8 Å². The molecule has 0 N–H and O–H groups in total. The lowest BCUT2D eigenvalue weighted by Gasteiger charge is -2.20. The third-order valence-corrected chi connectivity index (χ3v) is 6.29. The summed E-state index contributed by atoms with van der Waals surface area (Å²) in [5, 5.41) is 0. The average molecular weight is 270 g/mol. The molecule has 0 aromatic heterocycles. The minimum absolute atomic E-state index is 0.0820. The molecule has 0 unspecified atom stereocenters. The lowest BCUT2D eigenvalue weighted by Crippen LogP contribution is -2.26. The first-order chi connectivity index (χ1) is 8.36. The molecule has 0 aliphatic carbocycles. The highest BCUT2D eigenvalue weighted by molar-refractivity contribution is 6.54. The van der Waals surface area contributed by atoms with Gasteiger partial charge in [-0.25, -0.2) is 4.79 Å². The van der Waals surface area contributed by atoms with Crippen molar-refractivity contribution in [3.05, 3.63) is 11.6 Å². The van der Waals surface area contributed by atoms with Crippen LogP contribution in [0.4, 0.5) is 0 Å². The molecule has 0 rings (SSSR count). The summed E-state index contributed by atoms with van der Waals surface area (Å²) in [7, 11) is -1.39. The fraction of sp³-hybridized carbons (Fsp3) is 0.800. The highest BCUT2D eigenvalue weighted by atomic mass is 28.3. The van der Waals surface area contributed by atoms with Crippen LogP contribution in [0.2, 0.25) is 12.1 Å². The number of carbonyl (C=O) groups excluding carboxylic acids is 1. The molecule has 106 valence electrons. The normalized spacial score (nSPS) is 12.6. The summed E-state index contributed by atoms with van der Waals surface area (Å²) < 4.78 is 5.76. The summed E-state index contributed by atoms with van der Waals surface area (Å²) >= 11 is 0. The van der Waals surface area contributed by atoms with Crippen LogP contribution in [0, 0.1) is 11.8 Å². The van der Waals surface area contributed by atoms with Gasteiger partial charge in [0.25, 0.3) is 0 Å². The van der Waals surface area contributed by atoms with E-state index >= 15 is 0 Å². The Morgan fingerprint density at radius 1 is 1.17 bits per heavy atom. The molecule has 0 amide bonds. The zero-order valence-electron chi connectivity index (χ0n) is 13.0. The molecule has 0 aromatic rings. The molecular weight excluding hydrogens is 240 g/mol. The monoisotopic (exact) mass is 270 g/mol. The van der Waals surface area contributed by atoms with Crippen molar-refractivity contribution in [3.8, 4) is 0 Å². The molecule has 2 nitrogen and oxygen atoms in total. The van der Waals surface area contributed by atoms with Crippen molar-refractivity contribution in [1.82, 2.24) is 0 Å². The van der Waals surface area contributed by atoms with Crippen LogP contribution >= 0.6 is 0 Å². The van der Waals surface area contributed by atoms with Gasteiger partial charge in [0.05, 0.1) is 0 Å². The first kappa shape index (κ1) is 17.4. The van der Waals surface area contributed by atoms with Crippen LogP contribution in [-0.4, -0.2) is 15.0 Å². The van der Waals surface area contributed by atoms with Gasteiger partial charge in [-0.05, 0) is 37.3 Å². The molecule has 0 saturated carbocycles. The van der Waals surface area contributed by atoms with E-state index in [2.05, 4.69) is 34.6 Å². The first-order valence-corrected chi connectivity index (χ1v) is 9.34. The Balaban J connectivity index is 4.42. The molecule has 0 bridgehead atoms. The maximum atomic E-state index is 12.0. The Morgan fingerprint density at radius 2 is 1.67 bits per heavy atom. The molecule has 0 aliphatic heterocycles. The van der Waals surface area contributed by atoms with Gasteiger partial charge >= 0.3 is 5.97 Å². The molecular formula is C15H30O2Si. The van der Waals surface area contributed by atoms with E-state index in [1.54, 1.807) is 0 Å². The Bertz CT molecular complexity index is 260. The highest BCUT2D eigenvalue weighted by Gasteiger charge is 2.20. The zero-order chi connectivity index (χ0) is 14.1. The molecule has 0 heterocycles. The van der Waals surface area contributed by atoms with Gasteiger partial charge in [-0.1, -0.05) is 47.1 Å². The van der Waals surface area contributed by atoms with Gasteiger partial charge in [-0.3, -0.25) is 0 Å². The van der Waals surface area contributed by atoms with E-state index in [4.69, 9.17) is 4.43 Å². The van der Waals surface area contributed by atoms with Crippen LogP contribution < -0.4 is 0 Å². The van der Waals surface area contributed by atoms with Gasteiger partial charge in [0.2, 0.25) is 9.04 Å². The van der Waals surface area contributed by atoms with Crippen molar-refractivity contribution in [2.75, 3.05) is 0 Å². The molecule has 0 saturated heterocycles. The fourth-order valence-electron chi connectivity index (χ4n) is 1.93. The standard InChI is InChI=1S/C15H30O2Si/c1-7-8-9-14(6)15(16)17-18(10-12(2)3)11-13(4)5/h9,12-13,18H,7-8,10-11H2,1-6H3. The Kier molecular flexibility index (Phi) is 9.07. The summed E-state index contributed by atoms with van der Waals surface area (Å²) in [5.74, 6) is 1.16. The summed E-state index contributed by atoms with van der Waals surface area (Å²) in [6, 6.07) is 2.18. The number of rotatable bonds is 8. The maximum Gasteiger partial charge on any atom is 0.319 e. The Hall–Kier alpha value is -0.573. The van der Waals surface area contributed by atoms with Crippen molar-refractivity contribution < 1.29 is 9.22 Å². The lowest BCUT2D eigenvalue weighted by atomic mass is 10.2. The van der Waals surface area contributed by atoms with Gasteiger partial charge in [0.1, 0.15) is 0 Å². The molecule has 0 spiro atoms. The predicted octanol–water partition coefficient (Wildman–Crippen LogP) is 4.31. The summed E-state index contributed by atoms with van der Waals surface area (Å²) in [4.78, 5) is 12.0. The second-order valence-electron chi connectivity index (χ2n) is 5.96. The minimum atomic E-state index is -1.39. The van der Waals surface area contributed by atoms with Crippen molar-refractivity contribution >= 4 is 15.0 Å². The number of carbonyl (C=O) groups is 1. The Labute approximate surface area is 115 Å². The van der Waals surface area contributed by atoms with Gasteiger partial charge in [-0.15, -0.1) is 0 Å². The zero-order valence-corrected chi connectivity index (χ0v) is 14.1. The number of allylic oxidation sites excluding steroid dienone is 1. The second kappa shape index (κ2) is 9.37. The topological polar surface area (TPSA) is 26.3 Å². The van der Waals surface area contributed by atoms with Crippen LogP contribution in [-0.2, 0) is 9.22 Å². The van der Waals surface area contributed by atoms with E-state index in [1.807, 2.05) is 13.0 Å². The predicted molar refractivity (Wildman–Crippen MR) is 81.2 cm³/mol. The minimum Gasteiger partial charge on any atom is -0.519 e. The van der Waals surface area contributed by atoms with Gasteiger partial charge in [-0.2, -0.15) is 0 Å². The molecule has 0 fully saturated rings. The fourth-order valence-corrected chi connectivity index (χ4v) is 4.91. The van der Waals surface area contributed by atoms with E-state index < -0.39 is 9.04 Å². The van der Waals surface area contributed by atoms with E-state index in [1.165, 1.54) is 0 Å². The number of hydrogen-bond acceptors (Lipinski definition) is 2. The van der Waals surface area contributed by atoms with Crippen LogP contribution in [0.1, 0.15) is 54.4 Å². The molecule has 18 heavy (non-hydrogen) atoms. The van der Waals surface area contributed by atoms with E-state index in [9.17, 15) is 4.79 Å². The van der Waals surface area contributed by atoms with Crippen molar-refractivity contribution in [2.45, 2.75) is 66.5 Å². The van der Waals surface area contributed by atoms with Crippen molar-refractivity contribution in [2.24, 2.45) is 11.8 Å².